The zero-order valence-corrected chi connectivity index (χ0v) is 5.92. The van der Waals surface area contributed by atoms with Crippen molar-refractivity contribution in [1.82, 2.24) is 0 Å². The van der Waals surface area contributed by atoms with Crippen LogP contribution in [-0.4, -0.2) is 17.8 Å². The first-order chi connectivity index (χ1) is 3.68. The van der Waals surface area contributed by atoms with Gasteiger partial charge in [0.1, 0.15) is 0 Å². The highest BCUT2D eigenvalue weighted by Crippen LogP contribution is 2.11. The molecule has 0 saturated heterocycles. The number of hydrogen-bond acceptors (Lipinski definition) is 1. The molecule has 50 valence electrons. The summed E-state index contributed by atoms with van der Waals surface area (Å²) in [7, 11) is 0. The molecule has 0 aromatic rings. The van der Waals surface area contributed by atoms with Crippen LogP contribution in [0.2, 0.25) is 0 Å². The van der Waals surface area contributed by atoms with Gasteiger partial charge in [0.25, 0.3) is 0 Å². The molecule has 0 aliphatic rings. The molecule has 0 aliphatic heterocycles. The molecule has 0 saturated carbocycles. The van der Waals surface area contributed by atoms with Gasteiger partial charge < -0.3 is 4.74 Å². The molecule has 1 nitrogen and oxygen atoms in total. The maximum absolute atomic E-state index is 12.0. The second-order valence-electron chi connectivity index (χ2n) is 1.14. The summed E-state index contributed by atoms with van der Waals surface area (Å²) in [5, 5.41) is 0. The van der Waals surface area contributed by atoms with E-state index in [9.17, 15) is 4.39 Å². The Morgan fingerprint density at radius 3 is 2.25 bits per heavy atom. The Balaban J connectivity index is 3.17. The van der Waals surface area contributed by atoms with Crippen LogP contribution >= 0.6 is 23.2 Å². The van der Waals surface area contributed by atoms with Crippen molar-refractivity contribution in [3.63, 3.8) is 0 Å². The highest BCUT2D eigenvalue weighted by molar-refractivity contribution is 6.44. The number of hydrogen-bond donors (Lipinski definition) is 0. The van der Waals surface area contributed by atoms with Gasteiger partial charge in [-0.25, -0.2) is 4.39 Å². The van der Waals surface area contributed by atoms with Gasteiger partial charge in [0.05, 0.1) is 0 Å². The Kier molecular flexibility index (Phi) is 4.61. The normalized spacial score (nSPS) is 14.6. The standard InChI is InChI=1S/C4H7Cl2FO/c1-2-8-4(7)3(5)6/h3-4H,2H2,1H3. The summed E-state index contributed by atoms with van der Waals surface area (Å²) in [4.78, 5) is -1.07. The van der Waals surface area contributed by atoms with E-state index in [1.54, 1.807) is 6.92 Å². The summed E-state index contributed by atoms with van der Waals surface area (Å²) in [6, 6.07) is 0. The molecule has 0 amide bonds. The summed E-state index contributed by atoms with van der Waals surface area (Å²) in [6.07, 6.45) is -1.55. The number of ether oxygens (including phenoxy) is 1. The minimum atomic E-state index is -1.55. The predicted octanol–water partition coefficient (Wildman–Crippen LogP) is 2.12. The number of alkyl halides is 3. The van der Waals surface area contributed by atoms with Crippen LogP contribution in [0.4, 0.5) is 4.39 Å². The first-order valence-electron chi connectivity index (χ1n) is 2.22. The van der Waals surface area contributed by atoms with Gasteiger partial charge in [0.2, 0.25) is 6.36 Å². The minimum absolute atomic E-state index is 0.289. The van der Waals surface area contributed by atoms with E-state index in [0.717, 1.165) is 0 Å². The Morgan fingerprint density at radius 1 is 1.62 bits per heavy atom. The Labute approximate surface area is 57.7 Å². The van der Waals surface area contributed by atoms with E-state index in [0.29, 0.717) is 0 Å². The van der Waals surface area contributed by atoms with Gasteiger partial charge in [0.15, 0.2) is 4.84 Å². The molecule has 0 spiro atoms. The zero-order valence-electron chi connectivity index (χ0n) is 4.40. The van der Waals surface area contributed by atoms with Crippen molar-refractivity contribution in [2.75, 3.05) is 6.61 Å². The first kappa shape index (κ1) is 8.47. The molecule has 4 heteroatoms. The van der Waals surface area contributed by atoms with Gasteiger partial charge in [-0.1, -0.05) is 23.2 Å². The number of rotatable bonds is 3. The smallest absolute Gasteiger partial charge is 0.229 e. The Hall–Kier alpha value is 0.470. The molecular weight excluding hydrogens is 154 g/mol. The molecule has 1 atom stereocenters. The lowest BCUT2D eigenvalue weighted by Gasteiger charge is -2.06. The van der Waals surface area contributed by atoms with Crippen molar-refractivity contribution in [3.05, 3.63) is 0 Å². The van der Waals surface area contributed by atoms with Gasteiger partial charge >= 0.3 is 0 Å². The largest absolute Gasteiger partial charge is 0.346 e. The van der Waals surface area contributed by atoms with E-state index in [-0.39, 0.29) is 6.61 Å². The van der Waals surface area contributed by atoms with Crippen LogP contribution in [0.15, 0.2) is 0 Å². The lowest BCUT2D eigenvalue weighted by Crippen LogP contribution is -2.13. The third-order valence-corrected chi connectivity index (χ3v) is 0.920. The second-order valence-corrected chi connectivity index (χ2v) is 2.30. The lowest BCUT2D eigenvalue weighted by molar-refractivity contribution is -0.0216. The molecule has 0 bridgehead atoms. The molecule has 1 unspecified atom stereocenters. The fraction of sp³-hybridized carbons (Fsp3) is 1.00. The topological polar surface area (TPSA) is 9.23 Å². The average Bonchev–Trinajstić information content (AvgIpc) is 1.67. The molecule has 0 aromatic carbocycles. The van der Waals surface area contributed by atoms with Crippen molar-refractivity contribution in [1.29, 1.82) is 0 Å². The first-order valence-corrected chi connectivity index (χ1v) is 3.09. The van der Waals surface area contributed by atoms with Crippen LogP contribution in [0.3, 0.4) is 0 Å². The van der Waals surface area contributed by atoms with Gasteiger partial charge in [-0.3, -0.25) is 0 Å². The van der Waals surface area contributed by atoms with E-state index in [1.165, 1.54) is 0 Å². The third kappa shape index (κ3) is 3.47. The quantitative estimate of drug-likeness (QED) is 0.576. The van der Waals surface area contributed by atoms with Gasteiger partial charge in [-0.15, -0.1) is 0 Å². The summed E-state index contributed by atoms with van der Waals surface area (Å²) in [6.45, 7) is 1.96. The SMILES string of the molecule is CCOC(F)C(Cl)Cl. The fourth-order valence-electron chi connectivity index (χ4n) is 0.232. The molecule has 0 aliphatic carbocycles. The van der Waals surface area contributed by atoms with E-state index >= 15 is 0 Å². The maximum Gasteiger partial charge on any atom is 0.229 e. The predicted molar refractivity (Wildman–Crippen MR) is 32.0 cm³/mol. The van der Waals surface area contributed by atoms with E-state index in [2.05, 4.69) is 4.74 Å². The molecule has 0 rings (SSSR count). The lowest BCUT2D eigenvalue weighted by atomic mass is 10.7. The summed E-state index contributed by atoms with van der Waals surface area (Å²) in [5.41, 5.74) is 0. The van der Waals surface area contributed by atoms with Gasteiger partial charge in [-0.05, 0) is 6.92 Å². The Bertz CT molecular complexity index is 60.0. The van der Waals surface area contributed by atoms with Crippen LogP contribution in [0, 0.1) is 0 Å². The van der Waals surface area contributed by atoms with Crippen molar-refractivity contribution >= 4 is 23.2 Å². The molecule has 0 aromatic heterocycles. The van der Waals surface area contributed by atoms with E-state index < -0.39 is 11.2 Å². The van der Waals surface area contributed by atoms with Crippen molar-refractivity contribution in [3.8, 4) is 0 Å². The molecule has 8 heavy (non-hydrogen) atoms. The van der Waals surface area contributed by atoms with E-state index in [4.69, 9.17) is 23.2 Å². The van der Waals surface area contributed by atoms with Gasteiger partial charge in [0, 0.05) is 6.61 Å². The second kappa shape index (κ2) is 4.36. The average molecular weight is 161 g/mol. The number of halogens is 3. The monoisotopic (exact) mass is 160 g/mol. The van der Waals surface area contributed by atoms with E-state index in [1.807, 2.05) is 0 Å². The van der Waals surface area contributed by atoms with Crippen LogP contribution < -0.4 is 0 Å². The highest BCUT2D eigenvalue weighted by Gasteiger charge is 2.13. The van der Waals surface area contributed by atoms with Crippen LogP contribution in [0.1, 0.15) is 6.92 Å². The van der Waals surface area contributed by atoms with Crippen LogP contribution in [-0.2, 0) is 4.74 Å². The minimum Gasteiger partial charge on any atom is -0.346 e. The van der Waals surface area contributed by atoms with Crippen molar-refractivity contribution in [2.24, 2.45) is 0 Å². The molecular formula is C4H7Cl2FO. The van der Waals surface area contributed by atoms with Crippen molar-refractivity contribution < 1.29 is 9.13 Å². The molecule has 0 fully saturated rings. The Morgan fingerprint density at radius 2 is 2.12 bits per heavy atom. The molecule has 0 N–H and O–H groups in total. The van der Waals surface area contributed by atoms with Gasteiger partial charge in [-0.2, -0.15) is 0 Å². The summed E-state index contributed by atoms with van der Waals surface area (Å²) >= 11 is 10.1. The van der Waals surface area contributed by atoms with Crippen LogP contribution in [0.5, 0.6) is 0 Å². The summed E-state index contributed by atoms with van der Waals surface area (Å²) < 4.78 is 16.4. The maximum atomic E-state index is 12.0. The van der Waals surface area contributed by atoms with Crippen LogP contribution in [0.25, 0.3) is 0 Å². The molecule has 0 heterocycles. The molecule has 0 radical (unpaired) electrons. The zero-order chi connectivity index (χ0) is 6.57. The summed E-state index contributed by atoms with van der Waals surface area (Å²) in [5.74, 6) is 0. The van der Waals surface area contributed by atoms with Crippen molar-refractivity contribution in [2.45, 2.75) is 18.1 Å². The highest BCUT2D eigenvalue weighted by atomic mass is 35.5. The fourth-order valence-corrected chi connectivity index (χ4v) is 0.377. The third-order valence-electron chi connectivity index (χ3n) is 0.524.